The number of nitrogens with one attached hydrogen (secondary N) is 1. The number of aromatic carboxylic acids is 1. The van der Waals surface area contributed by atoms with Crippen molar-refractivity contribution in [2.45, 2.75) is 46.6 Å². The molecule has 106 valence electrons. The zero-order valence-corrected chi connectivity index (χ0v) is 12.8. The predicted octanol–water partition coefficient (Wildman–Crippen LogP) is 4.06. The van der Waals surface area contributed by atoms with Crippen LogP contribution in [0.2, 0.25) is 5.02 Å². The first-order valence-electron chi connectivity index (χ1n) is 6.17. The van der Waals surface area contributed by atoms with Crippen LogP contribution in [0, 0.1) is 5.41 Å². The molecule has 0 aliphatic heterocycles. The van der Waals surface area contributed by atoms with E-state index in [2.05, 4.69) is 44.9 Å². The van der Waals surface area contributed by atoms with Crippen molar-refractivity contribution < 1.29 is 9.90 Å². The van der Waals surface area contributed by atoms with Crippen LogP contribution in [0.3, 0.4) is 0 Å². The highest BCUT2D eigenvalue weighted by Gasteiger charge is 2.26. The molecule has 0 unspecified atom stereocenters. The molecule has 1 rings (SSSR count). The highest BCUT2D eigenvalue weighted by molar-refractivity contribution is 6.33. The number of halogens is 1. The predicted molar refractivity (Wildman–Crippen MR) is 78.0 cm³/mol. The van der Waals surface area contributed by atoms with Gasteiger partial charge in [-0.3, -0.25) is 0 Å². The molecule has 5 heteroatoms. The molecule has 1 heterocycles. The van der Waals surface area contributed by atoms with Gasteiger partial charge in [-0.2, -0.15) is 0 Å². The Kier molecular flexibility index (Phi) is 4.46. The topological polar surface area (TPSA) is 62.2 Å². The third-order valence-corrected chi connectivity index (χ3v) is 2.83. The molecule has 0 bridgehead atoms. The number of aromatic nitrogens is 1. The van der Waals surface area contributed by atoms with Gasteiger partial charge < -0.3 is 10.4 Å². The molecule has 0 aromatic carbocycles. The average molecular weight is 285 g/mol. The summed E-state index contributed by atoms with van der Waals surface area (Å²) in [6.45, 7) is 10.6. The number of hydrogen-bond acceptors (Lipinski definition) is 3. The van der Waals surface area contributed by atoms with Gasteiger partial charge in [-0.15, -0.1) is 0 Å². The van der Waals surface area contributed by atoms with Gasteiger partial charge in [0.05, 0.1) is 10.6 Å². The third kappa shape index (κ3) is 5.07. The van der Waals surface area contributed by atoms with E-state index >= 15 is 0 Å². The van der Waals surface area contributed by atoms with E-state index < -0.39 is 5.97 Å². The van der Waals surface area contributed by atoms with Crippen molar-refractivity contribution >= 4 is 23.4 Å². The lowest BCUT2D eigenvalue weighted by Gasteiger charge is -2.33. The second-order valence-corrected chi connectivity index (χ2v) is 7.01. The van der Waals surface area contributed by atoms with Gasteiger partial charge in [0.15, 0.2) is 0 Å². The lowest BCUT2D eigenvalue weighted by Crippen LogP contribution is -2.35. The Bertz CT molecular complexity index is 479. The van der Waals surface area contributed by atoms with Crippen molar-refractivity contribution in [3.8, 4) is 0 Å². The van der Waals surface area contributed by atoms with Gasteiger partial charge in [0, 0.05) is 11.7 Å². The Morgan fingerprint density at radius 1 is 1.37 bits per heavy atom. The van der Waals surface area contributed by atoms with Gasteiger partial charge in [-0.25, -0.2) is 9.78 Å². The molecule has 0 aliphatic rings. The summed E-state index contributed by atoms with van der Waals surface area (Å²) in [6, 6.07) is 1.47. The Morgan fingerprint density at radius 3 is 2.42 bits per heavy atom. The first-order valence-corrected chi connectivity index (χ1v) is 6.55. The Balaban J connectivity index is 2.94. The first kappa shape index (κ1) is 15.8. The molecule has 0 saturated carbocycles. The molecule has 19 heavy (non-hydrogen) atoms. The minimum absolute atomic E-state index is 0.0609. The molecule has 2 N–H and O–H groups in total. The van der Waals surface area contributed by atoms with Gasteiger partial charge in [-0.05, 0) is 31.7 Å². The number of carboxylic acid groups (broad SMARTS) is 1. The van der Waals surface area contributed by atoms with Crippen LogP contribution in [0.15, 0.2) is 12.3 Å². The van der Waals surface area contributed by atoms with Gasteiger partial charge >= 0.3 is 5.97 Å². The van der Waals surface area contributed by atoms with Gasteiger partial charge in [0.2, 0.25) is 0 Å². The Morgan fingerprint density at radius 2 is 1.95 bits per heavy atom. The van der Waals surface area contributed by atoms with Crippen LogP contribution < -0.4 is 5.32 Å². The number of carbonyl (C=O) groups is 1. The molecule has 0 radical (unpaired) electrons. The van der Waals surface area contributed by atoms with E-state index in [9.17, 15) is 4.79 Å². The van der Waals surface area contributed by atoms with Crippen LogP contribution in [0.1, 0.15) is 51.4 Å². The molecule has 4 nitrogen and oxygen atoms in total. The second-order valence-electron chi connectivity index (χ2n) is 6.60. The SMILES string of the molecule is CC(C)(C)CC(C)(C)Nc1cc(C(=O)O)c(Cl)cn1. The zero-order valence-electron chi connectivity index (χ0n) is 12.0. The standard InChI is InChI=1S/C14H21ClN2O2/c1-13(2,3)8-14(4,5)17-11-6-9(12(18)19)10(15)7-16-11/h6-7H,8H2,1-5H3,(H,16,17)(H,18,19). The number of hydrogen-bond donors (Lipinski definition) is 2. The summed E-state index contributed by atoms with van der Waals surface area (Å²) in [6.07, 6.45) is 2.28. The van der Waals surface area contributed by atoms with Crippen LogP contribution >= 0.6 is 11.6 Å². The first-order chi connectivity index (χ1) is 8.50. The lowest BCUT2D eigenvalue weighted by atomic mass is 9.82. The molecule has 0 aliphatic carbocycles. The van der Waals surface area contributed by atoms with Crippen molar-refractivity contribution in [3.63, 3.8) is 0 Å². The maximum absolute atomic E-state index is 11.0. The molecule has 0 atom stereocenters. The van der Waals surface area contributed by atoms with E-state index in [0.29, 0.717) is 5.82 Å². The summed E-state index contributed by atoms with van der Waals surface area (Å²) in [5, 5.41) is 12.4. The molecule has 0 fully saturated rings. The summed E-state index contributed by atoms with van der Waals surface area (Å²) in [5.41, 5.74) is 0.0404. The average Bonchev–Trinajstić information content (AvgIpc) is 2.16. The van der Waals surface area contributed by atoms with Crippen molar-refractivity contribution in [2.24, 2.45) is 5.41 Å². The molecule has 1 aromatic rings. The summed E-state index contributed by atoms with van der Waals surface area (Å²) in [5.74, 6) is -0.528. The molecular weight excluding hydrogens is 264 g/mol. The maximum Gasteiger partial charge on any atom is 0.337 e. The zero-order chi connectivity index (χ0) is 14.8. The van der Waals surface area contributed by atoms with E-state index in [1.54, 1.807) is 0 Å². The molecular formula is C14H21ClN2O2. The van der Waals surface area contributed by atoms with E-state index in [4.69, 9.17) is 16.7 Å². The molecule has 1 aromatic heterocycles. The van der Waals surface area contributed by atoms with Gasteiger partial charge in [0.1, 0.15) is 5.82 Å². The minimum Gasteiger partial charge on any atom is -0.478 e. The Hall–Kier alpha value is -1.29. The van der Waals surface area contributed by atoms with Crippen LogP contribution in [0.25, 0.3) is 0 Å². The van der Waals surface area contributed by atoms with Gasteiger partial charge in [-0.1, -0.05) is 32.4 Å². The van der Waals surface area contributed by atoms with E-state index in [1.165, 1.54) is 12.3 Å². The molecule has 0 amide bonds. The van der Waals surface area contributed by atoms with E-state index in [0.717, 1.165) is 6.42 Å². The van der Waals surface area contributed by atoms with Crippen molar-refractivity contribution in [3.05, 3.63) is 22.8 Å². The van der Waals surface area contributed by atoms with E-state index in [1.807, 2.05) is 0 Å². The number of pyridine rings is 1. The van der Waals surface area contributed by atoms with Crippen LogP contribution in [-0.2, 0) is 0 Å². The number of anilines is 1. The monoisotopic (exact) mass is 284 g/mol. The quantitative estimate of drug-likeness (QED) is 0.875. The highest BCUT2D eigenvalue weighted by Crippen LogP contribution is 2.29. The fraction of sp³-hybridized carbons (Fsp3) is 0.571. The smallest absolute Gasteiger partial charge is 0.337 e. The number of nitrogens with zero attached hydrogens (tertiary/aromatic N) is 1. The minimum atomic E-state index is -1.05. The normalized spacial score (nSPS) is 12.3. The third-order valence-electron chi connectivity index (χ3n) is 2.52. The fourth-order valence-corrected chi connectivity index (χ4v) is 2.57. The Labute approximate surface area is 119 Å². The fourth-order valence-electron chi connectivity index (χ4n) is 2.39. The summed E-state index contributed by atoms with van der Waals surface area (Å²) < 4.78 is 0. The van der Waals surface area contributed by atoms with Crippen molar-refractivity contribution in [1.29, 1.82) is 0 Å². The maximum atomic E-state index is 11.0. The number of rotatable bonds is 4. The molecule has 0 spiro atoms. The van der Waals surface area contributed by atoms with Crippen LogP contribution in [0.5, 0.6) is 0 Å². The summed E-state index contributed by atoms with van der Waals surface area (Å²) in [4.78, 5) is 15.2. The van der Waals surface area contributed by atoms with Crippen molar-refractivity contribution in [2.75, 3.05) is 5.32 Å². The highest BCUT2D eigenvalue weighted by atomic mass is 35.5. The molecule has 0 saturated heterocycles. The summed E-state index contributed by atoms with van der Waals surface area (Å²) in [7, 11) is 0. The second kappa shape index (κ2) is 5.37. The summed E-state index contributed by atoms with van der Waals surface area (Å²) >= 11 is 5.80. The largest absolute Gasteiger partial charge is 0.478 e. The van der Waals surface area contributed by atoms with Gasteiger partial charge in [0.25, 0.3) is 0 Å². The van der Waals surface area contributed by atoms with Crippen LogP contribution in [-0.4, -0.2) is 21.6 Å². The lowest BCUT2D eigenvalue weighted by molar-refractivity contribution is 0.0697. The van der Waals surface area contributed by atoms with E-state index in [-0.39, 0.29) is 21.5 Å². The van der Waals surface area contributed by atoms with Crippen LogP contribution in [0.4, 0.5) is 5.82 Å². The van der Waals surface area contributed by atoms with Crippen molar-refractivity contribution in [1.82, 2.24) is 4.98 Å². The number of carboxylic acids is 1.